The van der Waals surface area contributed by atoms with Crippen LogP contribution in [-0.2, 0) is 9.59 Å². The first-order chi connectivity index (χ1) is 16.0. The van der Waals surface area contributed by atoms with Crippen LogP contribution < -0.4 is 14.4 Å². The second-order valence-corrected chi connectivity index (χ2v) is 9.33. The van der Waals surface area contributed by atoms with Gasteiger partial charge in [0.2, 0.25) is 11.8 Å². The molecule has 0 radical (unpaired) electrons. The fourth-order valence-electron chi connectivity index (χ4n) is 4.40. The smallest absolute Gasteiger partial charge is 0.274 e. The maximum absolute atomic E-state index is 13.2. The summed E-state index contributed by atoms with van der Waals surface area (Å²) in [6, 6.07) is 11.5. The Labute approximate surface area is 194 Å². The van der Waals surface area contributed by atoms with E-state index < -0.39 is 0 Å². The molecule has 3 aromatic rings. The summed E-state index contributed by atoms with van der Waals surface area (Å²) in [6.45, 7) is 1.50. The molecule has 2 aliphatic heterocycles. The molecule has 7 nitrogen and oxygen atoms in total. The van der Waals surface area contributed by atoms with Crippen LogP contribution in [0.25, 0.3) is 10.2 Å². The van der Waals surface area contributed by atoms with Gasteiger partial charge in [-0.05, 0) is 36.4 Å². The minimum Gasteiger partial charge on any atom is -0.497 e. The molecular formula is C24H24FN3O4S. The van der Waals surface area contributed by atoms with E-state index in [1.54, 1.807) is 24.1 Å². The van der Waals surface area contributed by atoms with Gasteiger partial charge in [-0.1, -0.05) is 11.3 Å². The second-order valence-electron chi connectivity index (χ2n) is 8.34. The van der Waals surface area contributed by atoms with Gasteiger partial charge in [0.1, 0.15) is 17.7 Å². The van der Waals surface area contributed by atoms with Crippen molar-refractivity contribution in [2.75, 3.05) is 31.6 Å². The zero-order valence-electron chi connectivity index (χ0n) is 18.2. The van der Waals surface area contributed by atoms with E-state index in [0.717, 1.165) is 16.0 Å². The van der Waals surface area contributed by atoms with E-state index in [1.165, 1.54) is 23.5 Å². The van der Waals surface area contributed by atoms with Crippen molar-refractivity contribution >= 4 is 39.1 Å². The van der Waals surface area contributed by atoms with E-state index in [4.69, 9.17) is 9.47 Å². The van der Waals surface area contributed by atoms with Crippen LogP contribution in [0.2, 0.25) is 0 Å². The summed E-state index contributed by atoms with van der Waals surface area (Å²) >= 11 is 1.50. The van der Waals surface area contributed by atoms with E-state index in [0.29, 0.717) is 43.4 Å². The quantitative estimate of drug-likeness (QED) is 0.567. The Morgan fingerprint density at radius 1 is 1.15 bits per heavy atom. The molecule has 2 aromatic carbocycles. The van der Waals surface area contributed by atoms with Gasteiger partial charge in [0.15, 0.2) is 0 Å². The molecule has 0 bridgehead atoms. The van der Waals surface area contributed by atoms with Crippen molar-refractivity contribution < 1.29 is 23.5 Å². The Balaban J connectivity index is 1.16. The van der Waals surface area contributed by atoms with E-state index >= 15 is 0 Å². The number of carbonyl (C=O) groups excluding carboxylic acids is 2. The summed E-state index contributed by atoms with van der Waals surface area (Å²) in [5.41, 5.74) is 1.47. The number of likely N-dealkylation sites (tertiary alicyclic amines) is 1. The Morgan fingerprint density at radius 3 is 2.64 bits per heavy atom. The van der Waals surface area contributed by atoms with Crippen LogP contribution in [0, 0.1) is 11.7 Å². The van der Waals surface area contributed by atoms with Gasteiger partial charge in [-0.25, -0.2) is 9.37 Å². The van der Waals surface area contributed by atoms with Gasteiger partial charge < -0.3 is 19.3 Å². The largest absolute Gasteiger partial charge is 0.497 e. The van der Waals surface area contributed by atoms with Crippen molar-refractivity contribution in [1.29, 1.82) is 0 Å². The van der Waals surface area contributed by atoms with Gasteiger partial charge in [0.05, 0.1) is 23.2 Å². The average molecular weight is 470 g/mol. The maximum atomic E-state index is 13.2. The van der Waals surface area contributed by atoms with E-state index in [2.05, 4.69) is 4.98 Å². The number of fused-ring (bicyclic) bond motifs is 1. The predicted octanol–water partition coefficient (Wildman–Crippen LogP) is 3.87. The van der Waals surface area contributed by atoms with Crippen LogP contribution in [0.1, 0.15) is 19.3 Å². The standard InChI is InChI=1S/C24H24FN3O4S/c1-31-19-6-7-21-20(13-19)26-24(33-21)32-18-8-10-27(11-9-18)23(30)15-12-22(29)28(14-15)17-4-2-16(25)3-5-17/h2-7,13,15,18H,8-12,14H2,1H3. The van der Waals surface area contributed by atoms with Crippen LogP contribution in [0.3, 0.4) is 0 Å². The number of amides is 2. The number of thiazole rings is 1. The Kier molecular flexibility index (Phi) is 5.88. The van der Waals surface area contributed by atoms with Crippen LogP contribution in [0.15, 0.2) is 42.5 Å². The van der Waals surface area contributed by atoms with Crippen molar-refractivity contribution in [3.8, 4) is 10.9 Å². The number of rotatable bonds is 5. The molecule has 1 atom stereocenters. The number of hydrogen-bond acceptors (Lipinski definition) is 6. The minimum absolute atomic E-state index is 0.00139. The highest BCUT2D eigenvalue weighted by Gasteiger charge is 2.38. The molecule has 0 aliphatic carbocycles. The van der Waals surface area contributed by atoms with Crippen molar-refractivity contribution in [3.63, 3.8) is 0 Å². The number of hydrogen-bond donors (Lipinski definition) is 0. The van der Waals surface area contributed by atoms with Gasteiger partial charge in [0, 0.05) is 50.7 Å². The molecule has 9 heteroatoms. The molecule has 0 spiro atoms. The first kappa shape index (κ1) is 21.6. The zero-order valence-corrected chi connectivity index (χ0v) is 19.0. The first-order valence-electron chi connectivity index (χ1n) is 11.0. The molecule has 3 heterocycles. The lowest BCUT2D eigenvalue weighted by atomic mass is 10.0. The Hall–Kier alpha value is -3.20. The highest BCUT2D eigenvalue weighted by molar-refractivity contribution is 7.20. The number of benzene rings is 2. The number of ether oxygens (including phenoxy) is 2. The third kappa shape index (κ3) is 4.50. The third-order valence-corrected chi connectivity index (χ3v) is 7.14. The number of halogens is 1. The Bertz CT molecular complexity index is 1170. The maximum Gasteiger partial charge on any atom is 0.274 e. The molecule has 1 aromatic heterocycles. The summed E-state index contributed by atoms with van der Waals surface area (Å²) in [7, 11) is 1.63. The molecule has 0 saturated carbocycles. The van der Waals surface area contributed by atoms with Crippen LogP contribution in [0.4, 0.5) is 10.1 Å². The van der Waals surface area contributed by atoms with Crippen molar-refractivity contribution in [3.05, 3.63) is 48.3 Å². The number of piperidine rings is 1. The highest BCUT2D eigenvalue weighted by atomic mass is 32.1. The molecule has 0 N–H and O–H groups in total. The predicted molar refractivity (Wildman–Crippen MR) is 123 cm³/mol. The molecule has 2 saturated heterocycles. The van der Waals surface area contributed by atoms with Crippen molar-refractivity contribution in [1.82, 2.24) is 9.88 Å². The SMILES string of the molecule is COc1ccc2sc(OC3CCN(C(=O)C4CC(=O)N(c5ccc(F)cc5)C4)CC3)nc2c1. The third-order valence-electron chi connectivity index (χ3n) is 6.21. The molecule has 1 unspecified atom stereocenters. The van der Waals surface area contributed by atoms with Crippen molar-refractivity contribution in [2.45, 2.75) is 25.4 Å². The summed E-state index contributed by atoms with van der Waals surface area (Å²) in [6.07, 6.45) is 1.61. The molecule has 5 rings (SSSR count). The molecular weight excluding hydrogens is 445 g/mol. The van der Waals surface area contributed by atoms with E-state index in [1.807, 2.05) is 23.1 Å². The zero-order chi connectivity index (χ0) is 22.9. The van der Waals surface area contributed by atoms with Gasteiger partial charge >= 0.3 is 0 Å². The average Bonchev–Trinajstić information content (AvgIpc) is 3.41. The molecule has 33 heavy (non-hydrogen) atoms. The molecule has 2 aliphatic rings. The molecule has 172 valence electrons. The summed E-state index contributed by atoms with van der Waals surface area (Å²) in [5.74, 6) is -0.0772. The topological polar surface area (TPSA) is 72.0 Å². The number of methoxy groups -OCH3 is 1. The van der Waals surface area contributed by atoms with Crippen LogP contribution >= 0.6 is 11.3 Å². The summed E-state index contributed by atoms with van der Waals surface area (Å²) in [4.78, 5) is 33.4. The fraction of sp³-hybridized carbons (Fsp3) is 0.375. The monoisotopic (exact) mass is 469 g/mol. The summed E-state index contributed by atoms with van der Waals surface area (Å²) < 4.78 is 25.6. The van der Waals surface area contributed by atoms with Crippen LogP contribution in [0.5, 0.6) is 10.9 Å². The van der Waals surface area contributed by atoms with Gasteiger partial charge in [0.25, 0.3) is 5.19 Å². The molecule has 2 amide bonds. The lowest BCUT2D eigenvalue weighted by molar-refractivity contribution is -0.137. The number of carbonyl (C=O) groups is 2. The minimum atomic E-state index is -0.376. The van der Waals surface area contributed by atoms with Gasteiger partial charge in [-0.15, -0.1) is 0 Å². The lowest BCUT2D eigenvalue weighted by Crippen LogP contribution is -2.44. The second kappa shape index (κ2) is 8.97. The number of anilines is 1. The van der Waals surface area contributed by atoms with Gasteiger partial charge in [-0.2, -0.15) is 0 Å². The van der Waals surface area contributed by atoms with Gasteiger partial charge in [-0.3, -0.25) is 9.59 Å². The van der Waals surface area contributed by atoms with Crippen LogP contribution in [-0.4, -0.2) is 54.5 Å². The normalized spacial score (nSPS) is 19.3. The van der Waals surface area contributed by atoms with Crippen molar-refractivity contribution in [2.24, 2.45) is 5.92 Å². The first-order valence-corrected chi connectivity index (χ1v) is 11.8. The molecule has 2 fully saturated rings. The van der Waals surface area contributed by atoms with E-state index in [-0.39, 0.29) is 36.1 Å². The number of aromatic nitrogens is 1. The highest BCUT2D eigenvalue weighted by Crippen LogP contribution is 2.32. The Morgan fingerprint density at radius 2 is 1.91 bits per heavy atom. The lowest BCUT2D eigenvalue weighted by Gasteiger charge is -2.33. The fourth-order valence-corrected chi connectivity index (χ4v) is 5.26. The number of nitrogens with zero attached hydrogens (tertiary/aromatic N) is 3. The van der Waals surface area contributed by atoms with E-state index in [9.17, 15) is 14.0 Å². The summed E-state index contributed by atoms with van der Waals surface area (Å²) in [5, 5.41) is 0.624.